The van der Waals surface area contributed by atoms with Crippen molar-refractivity contribution in [3.05, 3.63) is 94.2 Å². The second-order valence-electron chi connectivity index (χ2n) is 6.48. The van der Waals surface area contributed by atoms with E-state index in [4.69, 9.17) is 4.74 Å². The van der Waals surface area contributed by atoms with Gasteiger partial charge < -0.3 is 9.30 Å². The van der Waals surface area contributed by atoms with E-state index in [-0.39, 0.29) is 5.91 Å². The highest BCUT2D eigenvalue weighted by atomic mass is 79.9. The number of rotatable bonds is 7. The number of hydrogen-bond donors (Lipinski definition) is 1. The van der Waals surface area contributed by atoms with Crippen LogP contribution in [-0.4, -0.2) is 23.3 Å². The van der Waals surface area contributed by atoms with E-state index in [9.17, 15) is 4.79 Å². The van der Waals surface area contributed by atoms with E-state index >= 15 is 0 Å². The van der Waals surface area contributed by atoms with Crippen molar-refractivity contribution in [3.8, 4) is 11.4 Å². The van der Waals surface area contributed by atoms with Gasteiger partial charge in [-0.15, -0.1) is 0 Å². The SMILES string of the molecule is C=CCOc1ccc(Br)c(/C=N/NC(=O)c2ccc(-n3c(C)ccc3C)cc2)c1. The van der Waals surface area contributed by atoms with Crippen LogP contribution in [0.3, 0.4) is 0 Å². The molecule has 0 bridgehead atoms. The third-order valence-corrected chi connectivity index (χ3v) is 5.09. The van der Waals surface area contributed by atoms with Crippen molar-refractivity contribution < 1.29 is 9.53 Å². The van der Waals surface area contributed by atoms with Crippen molar-refractivity contribution in [2.24, 2.45) is 5.10 Å². The summed E-state index contributed by atoms with van der Waals surface area (Å²) in [7, 11) is 0. The highest BCUT2D eigenvalue weighted by Crippen LogP contribution is 2.21. The minimum absolute atomic E-state index is 0.274. The summed E-state index contributed by atoms with van der Waals surface area (Å²) in [4.78, 5) is 12.4. The number of nitrogens with zero attached hydrogens (tertiary/aromatic N) is 2. The molecule has 3 aromatic rings. The van der Waals surface area contributed by atoms with E-state index in [1.807, 2.05) is 30.3 Å². The molecule has 0 saturated heterocycles. The summed E-state index contributed by atoms with van der Waals surface area (Å²) in [6.45, 7) is 8.16. The second-order valence-corrected chi connectivity index (χ2v) is 7.33. The third kappa shape index (κ3) is 5.03. The van der Waals surface area contributed by atoms with Crippen molar-refractivity contribution in [3.63, 3.8) is 0 Å². The fraction of sp³-hybridized carbons (Fsp3) is 0.130. The number of carbonyl (C=O) groups excluding carboxylic acids is 1. The molecule has 0 spiro atoms. The van der Waals surface area contributed by atoms with Crippen LogP contribution in [0.5, 0.6) is 5.75 Å². The summed E-state index contributed by atoms with van der Waals surface area (Å²) >= 11 is 3.47. The molecule has 0 radical (unpaired) electrons. The maximum Gasteiger partial charge on any atom is 0.271 e. The quantitative estimate of drug-likeness (QED) is 0.305. The van der Waals surface area contributed by atoms with E-state index in [1.54, 1.807) is 24.4 Å². The Morgan fingerprint density at radius 1 is 1.14 bits per heavy atom. The van der Waals surface area contributed by atoms with Gasteiger partial charge in [0.2, 0.25) is 0 Å². The first-order chi connectivity index (χ1) is 14.0. The Bertz CT molecular complexity index is 1030. The zero-order valence-corrected chi connectivity index (χ0v) is 17.9. The van der Waals surface area contributed by atoms with Gasteiger partial charge in [0, 0.05) is 32.7 Å². The van der Waals surface area contributed by atoms with Gasteiger partial charge in [0.1, 0.15) is 12.4 Å². The van der Waals surface area contributed by atoms with Gasteiger partial charge in [0.25, 0.3) is 5.91 Å². The van der Waals surface area contributed by atoms with Crippen molar-refractivity contribution in [2.75, 3.05) is 6.61 Å². The van der Waals surface area contributed by atoms with Gasteiger partial charge in [-0.1, -0.05) is 28.6 Å². The van der Waals surface area contributed by atoms with Gasteiger partial charge in [0.15, 0.2) is 0 Å². The Morgan fingerprint density at radius 3 is 2.48 bits per heavy atom. The Hall–Kier alpha value is -3.12. The van der Waals surface area contributed by atoms with E-state index in [0.29, 0.717) is 17.9 Å². The Kier molecular flexibility index (Phi) is 6.67. The number of aromatic nitrogens is 1. The number of ether oxygens (including phenoxy) is 1. The summed E-state index contributed by atoms with van der Waals surface area (Å²) in [6.07, 6.45) is 3.25. The van der Waals surface area contributed by atoms with Crippen LogP contribution >= 0.6 is 15.9 Å². The van der Waals surface area contributed by atoms with E-state index in [2.05, 4.69) is 63.6 Å². The number of nitrogens with one attached hydrogen (secondary N) is 1. The lowest BCUT2D eigenvalue weighted by atomic mass is 10.2. The predicted molar refractivity (Wildman–Crippen MR) is 120 cm³/mol. The van der Waals surface area contributed by atoms with E-state index in [1.165, 1.54) is 0 Å². The summed E-state index contributed by atoms with van der Waals surface area (Å²) in [5.74, 6) is 0.427. The molecule has 1 amide bonds. The van der Waals surface area contributed by atoms with E-state index in [0.717, 1.165) is 27.1 Å². The normalized spacial score (nSPS) is 10.9. The molecule has 3 rings (SSSR count). The van der Waals surface area contributed by atoms with Crippen molar-refractivity contribution in [1.29, 1.82) is 0 Å². The maximum absolute atomic E-state index is 12.4. The fourth-order valence-corrected chi connectivity index (χ4v) is 3.28. The van der Waals surface area contributed by atoms with Crippen LogP contribution < -0.4 is 10.2 Å². The molecule has 2 aromatic carbocycles. The van der Waals surface area contributed by atoms with Gasteiger partial charge in [-0.2, -0.15) is 5.10 Å². The van der Waals surface area contributed by atoms with Crippen LogP contribution in [0.25, 0.3) is 5.69 Å². The molecule has 0 aliphatic heterocycles. The summed E-state index contributed by atoms with van der Waals surface area (Å²) < 4.78 is 8.50. The molecule has 0 saturated carbocycles. The lowest BCUT2D eigenvalue weighted by molar-refractivity contribution is 0.0955. The Labute approximate surface area is 178 Å². The van der Waals surface area contributed by atoms with Crippen LogP contribution in [-0.2, 0) is 0 Å². The molecule has 29 heavy (non-hydrogen) atoms. The predicted octanol–water partition coefficient (Wildman–Crippen LogP) is 5.19. The van der Waals surface area contributed by atoms with E-state index < -0.39 is 0 Å². The monoisotopic (exact) mass is 451 g/mol. The average molecular weight is 452 g/mol. The smallest absolute Gasteiger partial charge is 0.271 e. The highest BCUT2D eigenvalue weighted by molar-refractivity contribution is 9.10. The number of aryl methyl sites for hydroxylation is 2. The maximum atomic E-state index is 12.4. The first-order valence-corrected chi connectivity index (χ1v) is 9.91. The molecule has 1 heterocycles. The highest BCUT2D eigenvalue weighted by Gasteiger charge is 2.07. The van der Waals surface area contributed by atoms with Crippen molar-refractivity contribution >= 4 is 28.1 Å². The molecular weight excluding hydrogens is 430 g/mol. The minimum atomic E-state index is -0.274. The summed E-state index contributed by atoms with van der Waals surface area (Å²) in [5.41, 5.74) is 7.20. The number of carbonyl (C=O) groups is 1. The molecule has 0 fully saturated rings. The molecular formula is C23H22BrN3O2. The fourth-order valence-electron chi connectivity index (χ4n) is 2.93. The van der Waals surface area contributed by atoms with Gasteiger partial charge in [0.05, 0.1) is 6.21 Å². The number of hydrogen-bond acceptors (Lipinski definition) is 3. The van der Waals surface area contributed by atoms with Gasteiger partial charge in [-0.3, -0.25) is 4.79 Å². The topological polar surface area (TPSA) is 55.6 Å². The van der Waals surface area contributed by atoms with Crippen LogP contribution in [0.4, 0.5) is 0 Å². The molecule has 1 N–H and O–H groups in total. The molecule has 5 nitrogen and oxygen atoms in total. The number of halogens is 1. The first-order valence-electron chi connectivity index (χ1n) is 9.11. The van der Waals surface area contributed by atoms with Crippen LogP contribution in [0.1, 0.15) is 27.3 Å². The summed E-state index contributed by atoms with van der Waals surface area (Å²) in [5, 5.41) is 4.07. The Morgan fingerprint density at radius 2 is 1.83 bits per heavy atom. The second kappa shape index (κ2) is 9.39. The zero-order chi connectivity index (χ0) is 20.8. The van der Waals surface area contributed by atoms with Crippen LogP contribution in [0, 0.1) is 13.8 Å². The molecule has 0 unspecified atom stereocenters. The Balaban J connectivity index is 1.67. The zero-order valence-electron chi connectivity index (χ0n) is 16.4. The molecule has 148 valence electrons. The van der Waals surface area contributed by atoms with Gasteiger partial charge in [-0.25, -0.2) is 5.43 Å². The largest absolute Gasteiger partial charge is 0.490 e. The van der Waals surface area contributed by atoms with Crippen molar-refractivity contribution in [2.45, 2.75) is 13.8 Å². The lowest BCUT2D eigenvalue weighted by Gasteiger charge is -2.10. The molecule has 0 atom stereocenters. The summed E-state index contributed by atoms with van der Waals surface area (Å²) in [6, 6.07) is 17.1. The van der Waals surface area contributed by atoms with Crippen LogP contribution in [0.15, 0.2) is 76.8 Å². The van der Waals surface area contributed by atoms with Crippen molar-refractivity contribution in [1.82, 2.24) is 9.99 Å². The molecule has 6 heteroatoms. The van der Waals surface area contributed by atoms with Crippen LogP contribution in [0.2, 0.25) is 0 Å². The first kappa shape index (κ1) is 20.6. The third-order valence-electron chi connectivity index (χ3n) is 4.36. The van der Waals surface area contributed by atoms with Gasteiger partial charge >= 0.3 is 0 Å². The molecule has 1 aromatic heterocycles. The standard InChI is InChI=1S/C23H22BrN3O2/c1-4-13-29-21-11-12-22(24)19(14-21)15-25-26-23(28)18-7-9-20(10-8-18)27-16(2)5-6-17(27)3/h4-12,14-15H,1,13H2,2-3H3,(H,26,28)/b25-15+. The number of hydrazone groups is 1. The number of benzene rings is 2. The average Bonchev–Trinajstić information content (AvgIpc) is 3.06. The lowest BCUT2D eigenvalue weighted by Crippen LogP contribution is -2.17. The number of amides is 1. The minimum Gasteiger partial charge on any atom is -0.490 e. The molecule has 0 aliphatic carbocycles. The molecule has 0 aliphatic rings. The van der Waals surface area contributed by atoms with Gasteiger partial charge in [-0.05, 0) is 68.4 Å².